The quantitative estimate of drug-likeness (QED) is 0.168. The lowest BCUT2D eigenvalue weighted by molar-refractivity contribution is -0.0759. The molecule has 0 aliphatic heterocycles. The van der Waals surface area contributed by atoms with E-state index >= 15 is 0 Å². The molecule has 0 aromatic heterocycles. The Morgan fingerprint density at radius 3 is 2.09 bits per heavy atom. The molecule has 1 saturated carbocycles. The smallest absolute Gasteiger partial charge is 0.197 e. The van der Waals surface area contributed by atoms with Crippen LogP contribution in [0.3, 0.4) is 0 Å². The van der Waals surface area contributed by atoms with E-state index in [1.54, 1.807) is 0 Å². The second-order valence-electron chi connectivity index (χ2n) is 10.4. The SMILES string of the molecule is CC(C)CC(c1ccc(OC(C)OCc2ccc(C3CCCCC3)cc2)cc1)C(C)(C)I. The summed E-state index contributed by atoms with van der Waals surface area (Å²) in [5.41, 5.74) is 4.08. The molecule has 0 amide bonds. The fraction of sp³-hybridized carbons (Fsp3) is 0.586. The average Bonchev–Trinajstić information content (AvgIpc) is 2.77. The molecule has 2 aromatic carbocycles. The third-order valence-corrected chi connectivity index (χ3v) is 7.41. The number of hydrogen-bond acceptors (Lipinski definition) is 2. The topological polar surface area (TPSA) is 18.5 Å². The van der Waals surface area contributed by atoms with Gasteiger partial charge in [0.25, 0.3) is 0 Å². The normalized spacial score (nSPS) is 17.3. The maximum Gasteiger partial charge on any atom is 0.197 e. The third-order valence-electron chi connectivity index (χ3n) is 6.66. The molecule has 32 heavy (non-hydrogen) atoms. The molecule has 2 nitrogen and oxygen atoms in total. The van der Waals surface area contributed by atoms with Crippen molar-refractivity contribution in [3.8, 4) is 5.75 Å². The van der Waals surface area contributed by atoms with Gasteiger partial charge in [0.2, 0.25) is 0 Å². The van der Waals surface area contributed by atoms with E-state index in [2.05, 4.69) is 98.8 Å². The Kier molecular flexibility index (Phi) is 9.48. The molecular weight excluding hydrogens is 507 g/mol. The summed E-state index contributed by atoms with van der Waals surface area (Å²) in [6.45, 7) is 11.8. The van der Waals surface area contributed by atoms with Crippen molar-refractivity contribution in [2.45, 2.75) is 101 Å². The minimum Gasteiger partial charge on any atom is -0.465 e. The zero-order chi connectivity index (χ0) is 23.1. The van der Waals surface area contributed by atoms with Crippen LogP contribution in [0.1, 0.15) is 102 Å². The second kappa shape index (κ2) is 11.9. The minimum absolute atomic E-state index is 0.216. The second-order valence-corrected chi connectivity index (χ2v) is 13.2. The van der Waals surface area contributed by atoms with E-state index in [1.165, 1.54) is 55.2 Å². The number of benzene rings is 2. The van der Waals surface area contributed by atoms with Crippen LogP contribution in [0.15, 0.2) is 48.5 Å². The summed E-state index contributed by atoms with van der Waals surface area (Å²) < 4.78 is 12.2. The van der Waals surface area contributed by atoms with Crippen LogP contribution < -0.4 is 4.74 Å². The van der Waals surface area contributed by atoms with Crippen LogP contribution >= 0.6 is 22.6 Å². The molecule has 1 fully saturated rings. The zero-order valence-corrected chi connectivity index (χ0v) is 22.7. The summed E-state index contributed by atoms with van der Waals surface area (Å²) in [5.74, 6) is 2.82. The van der Waals surface area contributed by atoms with Gasteiger partial charge in [-0.3, -0.25) is 0 Å². The van der Waals surface area contributed by atoms with Gasteiger partial charge in [-0.05, 0) is 72.8 Å². The van der Waals surface area contributed by atoms with Crippen LogP contribution in [0.25, 0.3) is 0 Å². The van der Waals surface area contributed by atoms with Gasteiger partial charge in [0.1, 0.15) is 5.75 Å². The Hall–Kier alpha value is -1.07. The van der Waals surface area contributed by atoms with E-state index in [9.17, 15) is 0 Å². The maximum absolute atomic E-state index is 6.03. The summed E-state index contributed by atoms with van der Waals surface area (Å²) in [4.78, 5) is 0. The Morgan fingerprint density at radius 1 is 0.906 bits per heavy atom. The molecule has 0 N–H and O–H groups in total. The molecule has 176 valence electrons. The van der Waals surface area contributed by atoms with Gasteiger partial charge < -0.3 is 9.47 Å². The lowest BCUT2D eigenvalue weighted by Crippen LogP contribution is -2.23. The number of ether oxygens (including phenoxy) is 2. The van der Waals surface area contributed by atoms with E-state index in [1.807, 2.05) is 6.92 Å². The van der Waals surface area contributed by atoms with Crippen LogP contribution in [-0.4, -0.2) is 9.71 Å². The highest BCUT2D eigenvalue weighted by atomic mass is 127. The highest BCUT2D eigenvalue weighted by Crippen LogP contribution is 2.40. The van der Waals surface area contributed by atoms with Gasteiger partial charge in [-0.25, -0.2) is 0 Å². The fourth-order valence-corrected chi connectivity index (χ4v) is 5.44. The van der Waals surface area contributed by atoms with Crippen molar-refractivity contribution < 1.29 is 9.47 Å². The summed E-state index contributed by atoms with van der Waals surface area (Å²) in [6, 6.07) is 17.6. The van der Waals surface area contributed by atoms with Crippen LogP contribution in [0.2, 0.25) is 0 Å². The van der Waals surface area contributed by atoms with Gasteiger partial charge in [0.15, 0.2) is 6.29 Å². The molecule has 2 aromatic rings. The largest absolute Gasteiger partial charge is 0.465 e. The summed E-state index contributed by atoms with van der Waals surface area (Å²) in [5, 5.41) is 0. The van der Waals surface area contributed by atoms with Crippen LogP contribution in [0, 0.1) is 5.92 Å². The first-order chi connectivity index (χ1) is 15.2. The Morgan fingerprint density at radius 2 is 1.53 bits per heavy atom. The van der Waals surface area contributed by atoms with E-state index in [4.69, 9.17) is 9.47 Å². The van der Waals surface area contributed by atoms with Crippen molar-refractivity contribution in [3.63, 3.8) is 0 Å². The molecule has 0 heterocycles. The van der Waals surface area contributed by atoms with E-state index in [0.717, 1.165) is 11.7 Å². The highest BCUT2D eigenvalue weighted by molar-refractivity contribution is 14.1. The number of hydrogen-bond donors (Lipinski definition) is 0. The maximum atomic E-state index is 6.03. The average molecular weight is 549 g/mol. The standard InChI is InChI=1S/C29H41IO2/c1-21(2)19-28(29(4,5)30)26-15-17-27(18-16-26)32-22(3)31-20-23-11-13-25(14-12-23)24-9-7-6-8-10-24/h11-18,21-22,24,28H,6-10,19-20H2,1-5H3. The molecule has 0 saturated heterocycles. The first kappa shape index (κ1) is 25.6. The van der Waals surface area contributed by atoms with Gasteiger partial charge in [-0.1, -0.05) is 106 Å². The van der Waals surface area contributed by atoms with Crippen molar-refractivity contribution in [2.24, 2.45) is 5.92 Å². The summed E-state index contributed by atoms with van der Waals surface area (Å²) in [7, 11) is 0. The number of halogens is 1. The van der Waals surface area contributed by atoms with E-state index in [-0.39, 0.29) is 9.71 Å². The van der Waals surface area contributed by atoms with Crippen molar-refractivity contribution >= 4 is 22.6 Å². The van der Waals surface area contributed by atoms with E-state index < -0.39 is 0 Å². The third kappa shape index (κ3) is 7.76. The van der Waals surface area contributed by atoms with Gasteiger partial charge in [-0.15, -0.1) is 0 Å². The Balaban J connectivity index is 1.50. The Bertz CT molecular complexity index is 799. The molecule has 3 heteroatoms. The van der Waals surface area contributed by atoms with Gasteiger partial charge in [0, 0.05) is 3.42 Å². The van der Waals surface area contributed by atoms with Crippen molar-refractivity contribution in [3.05, 3.63) is 65.2 Å². The van der Waals surface area contributed by atoms with Crippen molar-refractivity contribution in [2.75, 3.05) is 0 Å². The lowest BCUT2D eigenvalue weighted by Gasteiger charge is -2.31. The van der Waals surface area contributed by atoms with Gasteiger partial charge in [0.05, 0.1) is 6.61 Å². The van der Waals surface area contributed by atoms with E-state index in [0.29, 0.717) is 18.4 Å². The monoisotopic (exact) mass is 548 g/mol. The van der Waals surface area contributed by atoms with Gasteiger partial charge >= 0.3 is 0 Å². The molecule has 1 aliphatic rings. The van der Waals surface area contributed by atoms with Crippen LogP contribution in [0.4, 0.5) is 0 Å². The predicted octanol–water partition coefficient (Wildman–Crippen LogP) is 9.02. The van der Waals surface area contributed by atoms with Crippen LogP contribution in [-0.2, 0) is 11.3 Å². The molecule has 0 radical (unpaired) electrons. The molecule has 0 spiro atoms. The highest BCUT2D eigenvalue weighted by Gasteiger charge is 2.28. The molecule has 0 bridgehead atoms. The number of rotatable bonds is 10. The Labute approximate surface area is 209 Å². The molecule has 3 rings (SSSR count). The van der Waals surface area contributed by atoms with Crippen LogP contribution in [0.5, 0.6) is 5.75 Å². The molecule has 1 aliphatic carbocycles. The first-order valence-electron chi connectivity index (χ1n) is 12.4. The first-order valence-corrected chi connectivity index (χ1v) is 13.5. The summed E-state index contributed by atoms with van der Waals surface area (Å²) in [6.07, 6.45) is 7.73. The number of alkyl halides is 1. The van der Waals surface area contributed by atoms with Crippen molar-refractivity contribution in [1.82, 2.24) is 0 Å². The van der Waals surface area contributed by atoms with Crippen molar-refractivity contribution in [1.29, 1.82) is 0 Å². The molecular formula is C29H41IO2. The lowest BCUT2D eigenvalue weighted by atomic mass is 9.82. The predicted molar refractivity (Wildman–Crippen MR) is 144 cm³/mol. The molecule has 2 unspecified atom stereocenters. The van der Waals surface area contributed by atoms with Gasteiger partial charge in [-0.2, -0.15) is 0 Å². The molecule has 2 atom stereocenters. The zero-order valence-electron chi connectivity index (χ0n) is 20.6. The minimum atomic E-state index is -0.286. The summed E-state index contributed by atoms with van der Waals surface area (Å²) >= 11 is 2.58. The fourth-order valence-electron chi connectivity index (χ4n) is 4.82.